The van der Waals surface area contributed by atoms with Gasteiger partial charge in [0.05, 0.1) is 13.2 Å². The molecule has 72 valence electrons. The van der Waals surface area contributed by atoms with Crippen molar-refractivity contribution >= 4 is 0 Å². The minimum atomic E-state index is -0.195. The molecule has 0 bridgehead atoms. The molecule has 0 aliphatic rings. The molecule has 0 amide bonds. The van der Waals surface area contributed by atoms with E-state index in [9.17, 15) is 4.79 Å². The van der Waals surface area contributed by atoms with E-state index in [0.717, 1.165) is 6.42 Å². The van der Waals surface area contributed by atoms with Gasteiger partial charge >= 0.3 is 0 Å². The standard InChI is InChI=1S/C8H13N3O2/c1-13-8-5-7(12)10-6(11-8)3-2-4-9/h5H,2-4,9H2,1H3,(H,10,11,12). The van der Waals surface area contributed by atoms with Gasteiger partial charge in [-0.1, -0.05) is 0 Å². The van der Waals surface area contributed by atoms with Gasteiger partial charge in [0.2, 0.25) is 5.88 Å². The quantitative estimate of drug-likeness (QED) is 0.669. The van der Waals surface area contributed by atoms with Gasteiger partial charge in [-0.05, 0) is 13.0 Å². The fourth-order valence-corrected chi connectivity index (χ4v) is 0.976. The third-order valence-corrected chi connectivity index (χ3v) is 1.59. The molecule has 0 aromatic carbocycles. The third kappa shape index (κ3) is 2.87. The highest BCUT2D eigenvalue weighted by molar-refractivity contribution is 5.08. The Labute approximate surface area is 75.9 Å². The molecule has 0 aliphatic heterocycles. The summed E-state index contributed by atoms with van der Waals surface area (Å²) in [5.74, 6) is 0.963. The van der Waals surface area contributed by atoms with Crippen molar-refractivity contribution in [2.45, 2.75) is 12.8 Å². The third-order valence-electron chi connectivity index (χ3n) is 1.59. The highest BCUT2D eigenvalue weighted by atomic mass is 16.5. The van der Waals surface area contributed by atoms with Crippen LogP contribution in [0.25, 0.3) is 0 Å². The fourth-order valence-electron chi connectivity index (χ4n) is 0.976. The summed E-state index contributed by atoms with van der Waals surface area (Å²) in [5.41, 5.74) is 5.14. The van der Waals surface area contributed by atoms with Crippen molar-refractivity contribution in [3.63, 3.8) is 0 Å². The summed E-state index contributed by atoms with van der Waals surface area (Å²) in [5, 5.41) is 0. The summed E-state index contributed by atoms with van der Waals surface area (Å²) in [6.07, 6.45) is 1.47. The number of aromatic amines is 1. The SMILES string of the molecule is COc1cc(=O)[nH]c(CCCN)n1. The highest BCUT2D eigenvalue weighted by Gasteiger charge is 1.99. The maximum Gasteiger partial charge on any atom is 0.254 e. The zero-order valence-corrected chi connectivity index (χ0v) is 7.54. The van der Waals surface area contributed by atoms with Crippen LogP contribution < -0.4 is 16.0 Å². The van der Waals surface area contributed by atoms with Crippen LogP contribution in [0.1, 0.15) is 12.2 Å². The van der Waals surface area contributed by atoms with Gasteiger partial charge < -0.3 is 15.5 Å². The Morgan fingerprint density at radius 2 is 2.46 bits per heavy atom. The van der Waals surface area contributed by atoms with Crippen molar-refractivity contribution in [1.29, 1.82) is 0 Å². The van der Waals surface area contributed by atoms with Crippen molar-refractivity contribution in [1.82, 2.24) is 9.97 Å². The van der Waals surface area contributed by atoms with E-state index in [1.165, 1.54) is 13.2 Å². The molecule has 0 radical (unpaired) electrons. The second-order valence-corrected chi connectivity index (χ2v) is 2.63. The van der Waals surface area contributed by atoms with E-state index in [-0.39, 0.29) is 5.56 Å². The van der Waals surface area contributed by atoms with Crippen molar-refractivity contribution in [2.24, 2.45) is 5.73 Å². The van der Waals surface area contributed by atoms with Crippen LogP contribution in [0.3, 0.4) is 0 Å². The van der Waals surface area contributed by atoms with E-state index in [0.29, 0.717) is 24.7 Å². The zero-order chi connectivity index (χ0) is 9.68. The topological polar surface area (TPSA) is 81.0 Å². The van der Waals surface area contributed by atoms with E-state index in [1.807, 2.05) is 0 Å². The first-order valence-corrected chi connectivity index (χ1v) is 4.10. The second kappa shape index (κ2) is 4.61. The van der Waals surface area contributed by atoms with Crippen LogP contribution in [0.15, 0.2) is 10.9 Å². The molecule has 13 heavy (non-hydrogen) atoms. The fraction of sp³-hybridized carbons (Fsp3) is 0.500. The number of hydrogen-bond acceptors (Lipinski definition) is 4. The van der Waals surface area contributed by atoms with Crippen LogP contribution in [-0.4, -0.2) is 23.6 Å². The van der Waals surface area contributed by atoms with Crippen molar-refractivity contribution < 1.29 is 4.74 Å². The normalized spacial score (nSPS) is 10.0. The number of aromatic nitrogens is 2. The van der Waals surface area contributed by atoms with Crippen molar-refractivity contribution in [3.05, 3.63) is 22.2 Å². The van der Waals surface area contributed by atoms with Gasteiger partial charge in [0.1, 0.15) is 5.82 Å². The summed E-state index contributed by atoms with van der Waals surface area (Å²) in [6.45, 7) is 0.584. The molecule has 1 aromatic heterocycles. The largest absolute Gasteiger partial charge is 0.481 e. The molecular weight excluding hydrogens is 170 g/mol. The Morgan fingerprint density at radius 3 is 3.08 bits per heavy atom. The van der Waals surface area contributed by atoms with Gasteiger partial charge in [-0.2, -0.15) is 0 Å². The summed E-state index contributed by atoms with van der Waals surface area (Å²) in [4.78, 5) is 17.7. The summed E-state index contributed by atoms with van der Waals surface area (Å²) in [7, 11) is 1.48. The maximum absolute atomic E-state index is 11.0. The minimum absolute atomic E-state index is 0.195. The number of nitrogens with one attached hydrogen (secondary N) is 1. The molecule has 5 nitrogen and oxygen atoms in total. The predicted octanol–water partition coefficient (Wildman–Crippen LogP) is -0.330. The molecule has 1 aromatic rings. The lowest BCUT2D eigenvalue weighted by atomic mass is 10.3. The zero-order valence-electron chi connectivity index (χ0n) is 7.54. The lowest BCUT2D eigenvalue weighted by Crippen LogP contribution is -2.12. The van der Waals surface area contributed by atoms with Crippen LogP contribution in [-0.2, 0) is 6.42 Å². The van der Waals surface area contributed by atoms with E-state index in [4.69, 9.17) is 10.5 Å². The lowest BCUT2D eigenvalue weighted by molar-refractivity contribution is 0.393. The number of ether oxygens (including phenoxy) is 1. The average molecular weight is 183 g/mol. The molecule has 0 saturated carbocycles. The average Bonchev–Trinajstić information content (AvgIpc) is 2.14. The molecule has 0 unspecified atom stereocenters. The van der Waals surface area contributed by atoms with Gasteiger partial charge in [-0.15, -0.1) is 0 Å². The Balaban J connectivity index is 2.82. The smallest absolute Gasteiger partial charge is 0.254 e. The molecule has 0 spiro atoms. The Morgan fingerprint density at radius 1 is 1.69 bits per heavy atom. The molecule has 1 heterocycles. The molecular formula is C8H13N3O2. The van der Waals surface area contributed by atoms with Gasteiger partial charge in [0, 0.05) is 6.42 Å². The van der Waals surface area contributed by atoms with Gasteiger partial charge in [0.25, 0.3) is 5.56 Å². The van der Waals surface area contributed by atoms with Crippen LogP contribution in [0, 0.1) is 0 Å². The van der Waals surface area contributed by atoms with E-state index in [2.05, 4.69) is 9.97 Å². The molecule has 3 N–H and O–H groups in total. The van der Waals surface area contributed by atoms with Crippen LogP contribution in [0.2, 0.25) is 0 Å². The van der Waals surface area contributed by atoms with Gasteiger partial charge in [-0.3, -0.25) is 4.79 Å². The van der Waals surface area contributed by atoms with Crippen LogP contribution >= 0.6 is 0 Å². The molecule has 0 fully saturated rings. The Kier molecular flexibility index (Phi) is 3.45. The van der Waals surface area contributed by atoms with Crippen LogP contribution in [0.4, 0.5) is 0 Å². The van der Waals surface area contributed by atoms with Crippen molar-refractivity contribution in [3.8, 4) is 5.88 Å². The number of rotatable bonds is 4. The molecule has 0 aliphatic carbocycles. The molecule has 1 rings (SSSR count). The minimum Gasteiger partial charge on any atom is -0.481 e. The molecule has 0 saturated heterocycles. The monoisotopic (exact) mass is 183 g/mol. The van der Waals surface area contributed by atoms with Gasteiger partial charge in [0.15, 0.2) is 0 Å². The van der Waals surface area contributed by atoms with Crippen molar-refractivity contribution in [2.75, 3.05) is 13.7 Å². The number of H-pyrrole nitrogens is 1. The second-order valence-electron chi connectivity index (χ2n) is 2.63. The molecule has 0 atom stereocenters. The van der Waals surface area contributed by atoms with E-state index >= 15 is 0 Å². The summed E-state index contributed by atoms with van der Waals surface area (Å²) < 4.78 is 4.85. The summed E-state index contributed by atoms with van der Waals surface area (Å²) in [6, 6.07) is 1.31. The maximum atomic E-state index is 11.0. The number of nitrogens with two attached hydrogens (primary N) is 1. The number of aryl methyl sites for hydroxylation is 1. The first-order valence-electron chi connectivity index (χ1n) is 4.10. The van der Waals surface area contributed by atoms with Crippen LogP contribution in [0.5, 0.6) is 5.88 Å². The first kappa shape index (κ1) is 9.73. The number of hydrogen-bond donors (Lipinski definition) is 2. The molecule has 5 heteroatoms. The Bertz CT molecular complexity index is 321. The Hall–Kier alpha value is -1.36. The van der Waals surface area contributed by atoms with E-state index < -0.39 is 0 Å². The number of nitrogens with zero attached hydrogens (tertiary/aromatic N) is 1. The number of methoxy groups -OCH3 is 1. The first-order chi connectivity index (χ1) is 6.26. The van der Waals surface area contributed by atoms with E-state index in [1.54, 1.807) is 0 Å². The van der Waals surface area contributed by atoms with Gasteiger partial charge in [-0.25, -0.2) is 4.98 Å². The summed E-state index contributed by atoms with van der Waals surface area (Å²) >= 11 is 0. The lowest BCUT2D eigenvalue weighted by Gasteiger charge is -2.01. The predicted molar refractivity (Wildman–Crippen MR) is 48.8 cm³/mol. The highest BCUT2D eigenvalue weighted by Crippen LogP contribution is 2.01.